The average Bonchev–Trinajstić information content (AvgIpc) is 1.85. The molecule has 0 aliphatic heterocycles. The first-order valence-corrected chi connectivity index (χ1v) is 3.17. The Balaban J connectivity index is 3.12. The van der Waals surface area contributed by atoms with Crippen LogP contribution in [0.2, 0.25) is 0 Å². The molecule has 0 aliphatic carbocycles. The first-order chi connectivity index (χ1) is 4.66. The maximum atomic E-state index is 11.5. The van der Waals surface area contributed by atoms with Gasteiger partial charge >= 0.3 is 0 Å². The molecule has 10 heavy (non-hydrogen) atoms. The molecule has 0 rings (SSSR count). The zero-order chi connectivity index (χ0) is 7.98. The van der Waals surface area contributed by atoms with Crippen molar-refractivity contribution in [2.24, 2.45) is 0 Å². The van der Waals surface area contributed by atoms with Crippen molar-refractivity contribution in [2.75, 3.05) is 20.3 Å². The summed E-state index contributed by atoms with van der Waals surface area (Å²) in [5.74, 6) is 0. The normalized spacial score (nSPS) is 14.1. The minimum atomic E-state index is -2.28. The summed E-state index contributed by atoms with van der Waals surface area (Å²) in [6.07, 6.45) is -2.28. The van der Waals surface area contributed by atoms with Crippen molar-refractivity contribution in [2.45, 2.75) is 19.4 Å². The molecule has 2 nitrogen and oxygen atoms in total. The van der Waals surface area contributed by atoms with E-state index in [-0.39, 0.29) is 12.6 Å². The lowest BCUT2D eigenvalue weighted by Gasteiger charge is -2.11. The lowest BCUT2D eigenvalue weighted by Crippen LogP contribution is -2.33. The molecule has 62 valence electrons. The molecule has 0 saturated carbocycles. The molecule has 0 fully saturated rings. The SMILES string of the molecule is COCC(C)NCC(F)F. The van der Waals surface area contributed by atoms with Gasteiger partial charge in [-0.1, -0.05) is 0 Å². The molecule has 0 spiro atoms. The van der Waals surface area contributed by atoms with Crippen LogP contribution >= 0.6 is 0 Å². The van der Waals surface area contributed by atoms with Gasteiger partial charge in [0, 0.05) is 13.2 Å². The Morgan fingerprint density at radius 1 is 1.50 bits per heavy atom. The standard InChI is InChI=1S/C6H13F2NO/c1-5(4-10-2)9-3-6(7)8/h5-6,9H,3-4H2,1-2H3. The van der Waals surface area contributed by atoms with E-state index in [1.54, 1.807) is 14.0 Å². The molecule has 0 aromatic heterocycles. The summed E-state index contributed by atoms with van der Waals surface area (Å²) < 4.78 is 27.8. The zero-order valence-electron chi connectivity index (χ0n) is 6.23. The Bertz CT molecular complexity index is 80.1. The number of methoxy groups -OCH3 is 1. The molecule has 1 unspecified atom stereocenters. The fourth-order valence-electron chi connectivity index (χ4n) is 0.599. The smallest absolute Gasteiger partial charge is 0.250 e. The van der Waals surface area contributed by atoms with Crippen LogP contribution in [0.15, 0.2) is 0 Å². The van der Waals surface area contributed by atoms with Crippen LogP contribution in [0, 0.1) is 0 Å². The second-order valence-electron chi connectivity index (χ2n) is 2.16. The molecule has 1 atom stereocenters. The number of rotatable bonds is 5. The van der Waals surface area contributed by atoms with Gasteiger partial charge in [0.25, 0.3) is 6.43 Å². The summed E-state index contributed by atoms with van der Waals surface area (Å²) in [5, 5.41) is 2.61. The number of alkyl halides is 2. The second kappa shape index (κ2) is 5.56. The van der Waals surface area contributed by atoms with Gasteiger partial charge in [-0.15, -0.1) is 0 Å². The first kappa shape index (κ1) is 9.78. The van der Waals surface area contributed by atoms with Crippen molar-refractivity contribution in [3.05, 3.63) is 0 Å². The summed E-state index contributed by atoms with van der Waals surface area (Å²) in [6, 6.07) is -0.000926. The molecule has 0 saturated heterocycles. The van der Waals surface area contributed by atoms with Crippen molar-refractivity contribution >= 4 is 0 Å². The lowest BCUT2D eigenvalue weighted by molar-refractivity contribution is 0.125. The van der Waals surface area contributed by atoms with Crippen molar-refractivity contribution < 1.29 is 13.5 Å². The average molecular weight is 153 g/mol. The molecule has 0 bridgehead atoms. The van der Waals surface area contributed by atoms with E-state index in [2.05, 4.69) is 5.32 Å². The number of hydrogen-bond donors (Lipinski definition) is 1. The Kier molecular flexibility index (Phi) is 5.43. The van der Waals surface area contributed by atoms with Crippen LogP contribution in [0.1, 0.15) is 6.92 Å². The zero-order valence-corrected chi connectivity index (χ0v) is 6.23. The molecule has 1 N–H and O–H groups in total. The minimum Gasteiger partial charge on any atom is -0.383 e. The quantitative estimate of drug-likeness (QED) is 0.633. The molecule has 0 radical (unpaired) electrons. The van der Waals surface area contributed by atoms with Crippen molar-refractivity contribution in [3.8, 4) is 0 Å². The van der Waals surface area contributed by atoms with Gasteiger partial charge in [-0.2, -0.15) is 0 Å². The van der Waals surface area contributed by atoms with Crippen LogP contribution in [-0.2, 0) is 4.74 Å². The lowest BCUT2D eigenvalue weighted by atomic mass is 10.3. The van der Waals surface area contributed by atoms with Crippen LogP contribution in [0.5, 0.6) is 0 Å². The number of halogens is 2. The predicted octanol–water partition coefficient (Wildman–Crippen LogP) is 0.876. The van der Waals surface area contributed by atoms with Crippen LogP contribution in [0.4, 0.5) is 8.78 Å². The maximum absolute atomic E-state index is 11.5. The van der Waals surface area contributed by atoms with Crippen LogP contribution in [0.3, 0.4) is 0 Å². The molecule has 4 heteroatoms. The third-order valence-electron chi connectivity index (χ3n) is 1.04. The van der Waals surface area contributed by atoms with Crippen LogP contribution < -0.4 is 5.32 Å². The Morgan fingerprint density at radius 2 is 2.10 bits per heavy atom. The monoisotopic (exact) mass is 153 g/mol. The highest BCUT2D eigenvalue weighted by atomic mass is 19.3. The Hall–Kier alpha value is -0.220. The van der Waals surface area contributed by atoms with Gasteiger partial charge in [0.15, 0.2) is 0 Å². The fraction of sp³-hybridized carbons (Fsp3) is 1.00. The molecule has 0 aliphatic rings. The summed E-state index contributed by atoms with van der Waals surface area (Å²) >= 11 is 0. The highest BCUT2D eigenvalue weighted by molar-refractivity contribution is 4.58. The van der Waals surface area contributed by atoms with Gasteiger partial charge in [-0.25, -0.2) is 8.78 Å². The molecular weight excluding hydrogens is 140 g/mol. The highest BCUT2D eigenvalue weighted by Gasteiger charge is 2.04. The number of hydrogen-bond acceptors (Lipinski definition) is 2. The van der Waals surface area contributed by atoms with Gasteiger partial charge < -0.3 is 10.1 Å². The first-order valence-electron chi connectivity index (χ1n) is 3.17. The van der Waals surface area contributed by atoms with E-state index in [1.807, 2.05) is 0 Å². The van der Waals surface area contributed by atoms with Gasteiger partial charge in [-0.3, -0.25) is 0 Å². The molecule has 0 amide bonds. The Morgan fingerprint density at radius 3 is 2.50 bits per heavy atom. The van der Waals surface area contributed by atoms with Crippen LogP contribution in [0.25, 0.3) is 0 Å². The summed E-state index contributed by atoms with van der Waals surface area (Å²) in [5.41, 5.74) is 0. The van der Waals surface area contributed by atoms with E-state index < -0.39 is 6.43 Å². The maximum Gasteiger partial charge on any atom is 0.250 e. The Labute approximate surface area is 59.6 Å². The summed E-state index contributed by atoms with van der Waals surface area (Å²) in [6.45, 7) is 2.00. The largest absolute Gasteiger partial charge is 0.383 e. The van der Waals surface area contributed by atoms with E-state index in [0.29, 0.717) is 6.61 Å². The minimum absolute atomic E-state index is 0.000926. The second-order valence-corrected chi connectivity index (χ2v) is 2.16. The summed E-state index contributed by atoms with van der Waals surface area (Å²) in [4.78, 5) is 0. The third kappa shape index (κ3) is 5.91. The van der Waals surface area contributed by atoms with E-state index in [4.69, 9.17) is 4.74 Å². The molecule has 0 heterocycles. The van der Waals surface area contributed by atoms with Crippen LogP contribution in [-0.4, -0.2) is 32.7 Å². The van der Waals surface area contributed by atoms with Gasteiger partial charge in [0.2, 0.25) is 0 Å². The third-order valence-corrected chi connectivity index (χ3v) is 1.04. The molecule has 0 aromatic carbocycles. The highest BCUT2D eigenvalue weighted by Crippen LogP contribution is 1.89. The summed E-state index contributed by atoms with van der Waals surface area (Å²) in [7, 11) is 1.54. The number of nitrogens with one attached hydrogen (secondary N) is 1. The fourth-order valence-corrected chi connectivity index (χ4v) is 0.599. The van der Waals surface area contributed by atoms with E-state index >= 15 is 0 Å². The van der Waals surface area contributed by atoms with Crippen molar-refractivity contribution in [1.29, 1.82) is 0 Å². The predicted molar refractivity (Wildman–Crippen MR) is 35.3 cm³/mol. The van der Waals surface area contributed by atoms with Gasteiger partial charge in [0.1, 0.15) is 0 Å². The van der Waals surface area contributed by atoms with Crippen molar-refractivity contribution in [3.63, 3.8) is 0 Å². The van der Waals surface area contributed by atoms with E-state index in [0.717, 1.165) is 0 Å². The van der Waals surface area contributed by atoms with Crippen molar-refractivity contribution in [1.82, 2.24) is 5.32 Å². The van der Waals surface area contributed by atoms with E-state index in [9.17, 15) is 8.78 Å². The topological polar surface area (TPSA) is 21.3 Å². The van der Waals surface area contributed by atoms with Gasteiger partial charge in [0.05, 0.1) is 13.2 Å². The number of ether oxygens (including phenoxy) is 1. The van der Waals surface area contributed by atoms with E-state index in [1.165, 1.54) is 0 Å². The van der Waals surface area contributed by atoms with Gasteiger partial charge in [-0.05, 0) is 6.92 Å². The molecule has 0 aromatic rings. The molecular formula is C6H13F2NO.